The van der Waals surface area contributed by atoms with Gasteiger partial charge in [0.2, 0.25) is 6.10 Å². The molecular weight excluding hydrogens is 369 g/mol. The first-order valence-corrected chi connectivity index (χ1v) is 8.07. The van der Waals surface area contributed by atoms with Crippen molar-refractivity contribution in [2.45, 2.75) is 25.6 Å². The van der Waals surface area contributed by atoms with Gasteiger partial charge in [-0.2, -0.15) is 13.2 Å². The van der Waals surface area contributed by atoms with Crippen molar-refractivity contribution in [3.8, 4) is 5.75 Å². The Morgan fingerprint density at radius 1 is 1.23 bits per heavy atom. The molecule has 0 N–H and O–H groups in total. The lowest BCUT2D eigenvalue weighted by atomic mass is 9.97. The number of rotatable bonds is 3. The van der Waals surface area contributed by atoms with E-state index < -0.39 is 23.8 Å². The first-order chi connectivity index (χ1) is 12.1. The van der Waals surface area contributed by atoms with Crippen molar-refractivity contribution in [1.29, 1.82) is 0 Å². The molecule has 2 aromatic carbocycles. The van der Waals surface area contributed by atoms with Gasteiger partial charge in [0.15, 0.2) is 0 Å². The number of hydrogen-bond acceptors (Lipinski definition) is 3. The standard InChI is InChI=1S/C19H14ClF3O3/c1-10-2-4-11(5-3-10)6-12-9-16-13(8-15(12)20)7-14(18(24)25)17(26-16)19(21,22)23/h2-5,7-9,17H,6H2,1H3,(H,24,25)/p-1. The number of carbonyl (C=O) groups is 1. The van der Waals surface area contributed by atoms with E-state index in [1.165, 1.54) is 12.1 Å². The van der Waals surface area contributed by atoms with Crippen molar-refractivity contribution in [2.75, 3.05) is 0 Å². The zero-order valence-corrected chi connectivity index (χ0v) is 14.3. The van der Waals surface area contributed by atoms with Crippen molar-refractivity contribution >= 4 is 23.6 Å². The molecule has 2 aromatic rings. The average molecular weight is 382 g/mol. The molecule has 0 amide bonds. The summed E-state index contributed by atoms with van der Waals surface area (Å²) in [6.45, 7) is 1.95. The highest BCUT2D eigenvalue weighted by molar-refractivity contribution is 6.31. The Bertz CT molecular complexity index is 886. The van der Waals surface area contributed by atoms with Gasteiger partial charge in [0.1, 0.15) is 5.75 Å². The molecule has 0 spiro atoms. The molecule has 3 rings (SSSR count). The van der Waals surface area contributed by atoms with Gasteiger partial charge >= 0.3 is 6.18 Å². The fourth-order valence-electron chi connectivity index (χ4n) is 2.73. The van der Waals surface area contributed by atoms with Crippen LogP contribution in [0.2, 0.25) is 5.02 Å². The quantitative estimate of drug-likeness (QED) is 0.814. The Kier molecular flexibility index (Phi) is 4.71. The van der Waals surface area contributed by atoms with Crippen LogP contribution in [0.25, 0.3) is 6.08 Å². The largest absolute Gasteiger partial charge is 0.545 e. The average Bonchev–Trinajstić information content (AvgIpc) is 2.55. The molecule has 0 saturated heterocycles. The first-order valence-electron chi connectivity index (χ1n) is 7.69. The van der Waals surface area contributed by atoms with Gasteiger partial charge in [-0.25, -0.2) is 0 Å². The van der Waals surface area contributed by atoms with Gasteiger partial charge in [0, 0.05) is 16.2 Å². The minimum absolute atomic E-state index is 0.0659. The summed E-state index contributed by atoms with van der Waals surface area (Å²) in [6.07, 6.45) is -6.15. The SMILES string of the molecule is Cc1ccc(Cc2cc3c(cc2Cl)C=C(C(=O)[O-])C(C(F)(F)F)O3)cc1. The molecule has 1 atom stereocenters. The second kappa shape index (κ2) is 6.68. The summed E-state index contributed by atoms with van der Waals surface area (Å²) in [5.41, 5.74) is 1.79. The maximum Gasteiger partial charge on any atom is 0.429 e. The minimum atomic E-state index is -4.87. The molecule has 0 radical (unpaired) electrons. The molecule has 1 heterocycles. The first kappa shape index (κ1) is 18.3. The maximum absolute atomic E-state index is 13.1. The van der Waals surface area contributed by atoms with E-state index in [2.05, 4.69) is 0 Å². The van der Waals surface area contributed by atoms with Crippen LogP contribution in [0.4, 0.5) is 13.2 Å². The third kappa shape index (κ3) is 3.70. The number of ether oxygens (including phenoxy) is 1. The number of carbonyl (C=O) groups excluding carboxylic acids is 1. The number of aryl methyl sites for hydroxylation is 1. The van der Waals surface area contributed by atoms with Gasteiger partial charge in [-0.1, -0.05) is 41.4 Å². The molecule has 1 aliphatic rings. The highest BCUT2D eigenvalue weighted by Crippen LogP contribution is 2.39. The Morgan fingerprint density at radius 3 is 2.46 bits per heavy atom. The maximum atomic E-state index is 13.1. The highest BCUT2D eigenvalue weighted by Gasteiger charge is 2.46. The molecule has 1 unspecified atom stereocenters. The van der Waals surface area contributed by atoms with Gasteiger partial charge in [-0.05, 0) is 42.7 Å². The third-order valence-electron chi connectivity index (χ3n) is 4.07. The Labute approximate surface area is 152 Å². The van der Waals surface area contributed by atoms with Crippen molar-refractivity contribution in [2.24, 2.45) is 0 Å². The second-order valence-electron chi connectivity index (χ2n) is 6.07. The van der Waals surface area contributed by atoms with Gasteiger partial charge in [-0.3, -0.25) is 0 Å². The number of carboxylic acids is 1. The van der Waals surface area contributed by atoms with Gasteiger partial charge in [-0.15, -0.1) is 0 Å². The second-order valence-corrected chi connectivity index (χ2v) is 6.48. The summed E-state index contributed by atoms with van der Waals surface area (Å²) in [7, 11) is 0. The smallest absolute Gasteiger partial charge is 0.429 e. The van der Waals surface area contributed by atoms with E-state index in [0.717, 1.165) is 17.2 Å². The number of carboxylic acid groups (broad SMARTS) is 1. The van der Waals surface area contributed by atoms with Crippen LogP contribution in [0.15, 0.2) is 42.0 Å². The summed E-state index contributed by atoms with van der Waals surface area (Å²) < 4.78 is 44.3. The fourth-order valence-corrected chi connectivity index (χ4v) is 2.97. The van der Waals surface area contributed by atoms with Crippen LogP contribution >= 0.6 is 11.6 Å². The van der Waals surface area contributed by atoms with Gasteiger partial charge in [0.25, 0.3) is 0 Å². The van der Waals surface area contributed by atoms with E-state index in [1.807, 2.05) is 31.2 Å². The minimum Gasteiger partial charge on any atom is -0.545 e. The van der Waals surface area contributed by atoms with Crippen LogP contribution in [0.3, 0.4) is 0 Å². The van der Waals surface area contributed by atoms with E-state index in [9.17, 15) is 23.1 Å². The molecular formula is C19H13ClF3O3-. The molecule has 0 saturated carbocycles. The predicted octanol–water partition coefficient (Wildman–Crippen LogP) is 3.70. The Balaban J connectivity index is 2.00. The van der Waals surface area contributed by atoms with Crippen molar-refractivity contribution in [3.05, 3.63) is 69.2 Å². The van der Waals surface area contributed by atoms with Crippen LogP contribution in [0.5, 0.6) is 5.75 Å². The van der Waals surface area contributed by atoms with E-state index in [0.29, 0.717) is 17.0 Å². The highest BCUT2D eigenvalue weighted by atomic mass is 35.5. The monoisotopic (exact) mass is 381 g/mol. The van der Waals surface area contributed by atoms with Crippen molar-refractivity contribution in [3.63, 3.8) is 0 Å². The Hall–Kier alpha value is -2.47. The predicted molar refractivity (Wildman–Crippen MR) is 88.9 cm³/mol. The summed E-state index contributed by atoms with van der Waals surface area (Å²) in [4.78, 5) is 11.0. The number of alkyl halides is 3. The van der Waals surface area contributed by atoms with Gasteiger partial charge in [0.05, 0.1) is 5.97 Å². The molecule has 7 heteroatoms. The van der Waals surface area contributed by atoms with Crippen LogP contribution in [-0.4, -0.2) is 18.2 Å². The van der Waals surface area contributed by atoms with Gasteiger partial charge < -0.3 is 14.6 Å². The Morgan fingerprint density at radius 2 is 1.88 bits per heavy atom. The van der Waals surface area contributed by atoms with E-state index in [4.69, 9.17) is 16.3 Å². The normalized spacial score (nSPS) is 16.5. The van der Waals surface area contributed by atoms with E-state index >= 15 is 0 Å². The number of hydrogen-bond donors (Lipinski definition) is 0. The molecule has 1 aliphatic heterocycles. The lowest BCUT2D eigenvalue weighted by molar-refractivity contribution is -0.302. The van der Waals surface area contributed by atoms with Crippen LogP contribution < -0.4 is 9.84 Å². The zero-order chi connectivity index (χ0) is 19.1. The molecule has 0 bridgehead atoms. The van der Waals surface area contributed by atoms with E-state index in [-0.39, 0.29) is 11.3 Å². The van der Waals surface area contributed by atoms with E-state index in [1.54, 1.807) is 0 Å². The molecule has 0 aliphatic carbocycles. The summed E-state index contributed by atoms with van der Waals surface area (Å²) in [5, 5.41) is 11.4. The number of benzene rings is 2. The summed E-state index contributed by atoms with van der Waals surface area (Å²) >= 11 is 6.23. The summed E-state index contributed by atoms with van der Waals surface area (Å²) in [6, 6.07) is 10.5. The van der Waals surface area contributed by atoms with Crippen LogP contribution in [-0.2, 0) is 11.2 Å². The number of fused-ring (bicyclic) bond motifs is 1. The molecule has 0 aromatic heterocycles. The number of aliphatic carboxylic acids is 1. The van der Waals surface area contributed by atoms with Crippen molar-refractivity contribution < 1.29 is 27.8 Å². The topological polar surface area (TPSA) is 49.4 Å². The fraction of sp³-hybridized carbons (Fsp3) is 0.211. The van der Waals surface area contributed by atoms with Crippen LogP contribution in [0, 0.1) is 6.92 Å². The summed E-state index contributed by atoms with van der Waals surface area (Å²) in [5.74, 6) is -2.00. The van der Waals surface area contributed by atoms with Crippen molar-refractivity contribution in [1.82, 2.24) is 0 Å². The number of halogens is 4. The molecule has 3 nitrogen and oxygen atoms in total. The van der Waals surface area contributed by atoms with Crippen LogP contribution in [0.1, 0.15) is 22.3 Å². The molecule has 136 valence electrons. The molecule has 26 heavy (non-hydrogen) atoms. The lowest BCUT2D eigenvalue weighted by Crippen LogP contribution is -2.44. The lowest BCUT2D eigenvalue weighted by Gasteiger charge is -2.29. The third-order valence-corrected chi connectivity index (χ3v) is 4.42. The zero-order valence-electron chi connectivity index (χ0n) is 13.6. The molecule has 0 fully saturated rings.